The van der Waals surface area contributed by atoms with E-state index < -0.39 is 11.9 Å². The van der Waals surface area contributed by atoms with Gasteiger partial charge in [-0.15, -0.1) is 13.2 Å². The number of hydrogen-bond donors (Lipinski definition) is 3. The zero-order valence-corrected chi connectivity index (χ0v) is 18.2. The second kappa shape index (κ2) is 8.51. The number of alkyl halides is 3. The van der Waals surface area contributed by atoms with Crippen molar-refractivity contribution < 1.29 is 27.5 Å². The van der Waals surface area contributed by atoms with Gasteiger partial charge in [0.25, 0.3) is 5.91 Å². The van der Waals surface area contributed by atoms with Crippen molar-refractivity contribution in [3.63, 3.8) is 0 Å². The molecule has 4 N–H and O–H groups in total. The molecule has 7 nitrogen and oxygen atoms in total. The van der Waals surface area contributed by atoms with Gasteiger partial charge >= 0.3 is 6.36 Å². The number of nitrogens with one attached hydrogen (secondary N) is 2. The molecule has 2 saturated carbocycles. The molecule has 32 heavy (non-hydrogen) atoms. The number of benzene rings is 1. The molecule has 2 aliphatic rings. The van der Waals surface area contributed by atoms with E-state index in [-0.39, 0.29) is 28.1 Å². The van der Waals surface area contributed by atoms with Crippen molar-refractivity contribution in [2.45, 2.75) is 63.3 Å². The highest BCUT2D eigenvalue weighted by atomic mass is 32.1. The van der Waals surface area contributed by atoms with Gasteiger partial charge in [0, 0.05) is 12.5 Å². The van der Waals surface area contributed by atoms with Gasteiger partial charge in [-0.2, -0.15) is 0 Å². The van der Waals surface area contributed by atoms with Crippen LogP contribution in [0, 0.1) is 5.41 Å². The third-order valence-corrected chi connectivity index (χ3v) is 7.40. The van der Waals surface area contributed by atoms with Crippen LogP contribution >= 0.6 is 11.3 Å². The normalized spacial score (nSPS) is 19.4. The second-order valence-corrected chi connectivity index (χ2v) is 9.75. The molecule has 0 spiro atoms. The minimum Gasteiger partial charge on any atom is -0.406 e. The topological polar surface area (TPSA) is 106 Å². The largest absolute Gasteiger partial charge is 0.573 e. The summed E-state index contributed by atoms with van der Waals surface area (Å²) >= 11 is 1.04. The lowest BCUT2D eigenvalue weighted by Crippen LogP contribution is -2.61. The van der Waals surface area contributed by atoms with E-state index in [0.29, 0.717) is 36.0 Å². The first-order valence-corrected chi connectivity index (χ1v) is 11.4. The molecule has 1 heterocycles. The van der Waals surface area contributed by atoms with Gasteiger partial charge in [0.1, 0.15) is 11.3 Å². The summed E-state index contributed by atoms with van der Waals surface area (Å²) in [7, 11) is 0. The second-order valence-electron chi connectivity index (χ2n) is 8.72. The molecule has 174 valence electrons. The fourth-order valence-corrected chi connectivity index (χ4v) is 5.43. The maximum absolute atomic E-state index is 13.0. The quantitative estimate of drug-likeness (QED) is 0.565. The van der Waals surface area contributed by atoms with Crippen molar-refractivity contribution in [3.05, 3.63) is 18.2 Å². The number of rotatable bonds is 7. The number of carbonyl (C=O) groups excluding carboxylic acids is 2. The lowest BCUT2D eigenvalue weighted by Gasteiger charge is -2.41. The number of halogens is 3. The Kier molecular flexibility index (Phi) is 6.06. The molecular formula is C21H25F3N4O3S. The van der Waals surface area contributed by atoms with Gasteiger partial charge in [-0.1, -0.05) is 24.2 Å². The van der Waals surface area contributed by atoms with Crippen LogP contribution < -0.4 is 21.1 Å². The Morgan fingerprint density at radius 1 is 1.16 bits per heavy atom. The summed E-state index contributed by atoms with van der Waals surface area (Å²) in [6.07, 6.45) is 1.33. The van der Waals surface area contributed by atoms with Gasteiger partial charge < -0.3 is 15.8 Å². The highest BCUT2D eigenvalue weighted by Crippen LogP contribution is 2.41. The molecule has 2 amide bonds. The van der Waals surface area contributed by atoms with Crippen LogP contribution in [0.25, 0.3) is 10.2 Å². The molecule has 0 aliphatic heterocycles. The number of thiazole rings is 1. The number of carbonyl (C=O) groups is 2. The van der Waals surface area contributed by atoms with Crippen molar-refractivity contribution in [2.24, 2.45) is 11.1 Å². The van der Waals surface area contributed by atoms with Crippen molar-refractivity contribution in [2.75, 3.05) is 11.9 Å². The Morgan fingerprint density at radius 3 is 2.47 bits per heavy atom. The van der Waals surface area contributed by atoms with E-state index in [9.17, 15) is 22.8 Å². The van der Waals surface area contributed by atoms with Crippen LogP contribution in [0.1, 0.15) is 51.4 Å². The Bertz CT molecular complexity index is 1010. The molecule has 4 rings (SSSR count). The summed E-state index contributed by atoms with van der Waals surface area (Å²) < 4.78 is 41.7. The van der Waals surface area contributed by atoms with Crippen molar-refractivity contribution in [3.8, 4) is 5.75 Å². The van der Waals surface area contributed by atoms with Crippen molar-refractivity contribution >= 4 is 38.5 Å². The molecule has 2 fully saturated rings. The maximum atomic E-state index is 13.0. The van der Waals surface area contributed by atoms with Gasteiger partial charge in [0.2, 0.25) is 5.91 Å². The standard InChI is InChI=1S/C21H25F3N4O3S/c22-21(23,24)31-13-4-5-14-15(10-13)32-18(26-14)27-17(30)20(8-3-9-20)28-16(29)11-19(12-25)6-1-2-7-19/h4-5,10H,1-3,6-9,11-12,25H2,(H,28,29)(H,26,27,30). The molecule has 0 saturated heterocycles. The monoisotopic (exact) mass is 470 g/mol. The van der Waals surface area contributed by atoms with E-state index in [1.54, 1.807) is 0 Å². The molecule has 0 bridgehead atoms. The van der Waals surface area contributed by atoms with E-state index in [1.807, 2.05) is 0 Å². The fourth-order valence-electron chi connectivity index (χ4n) is 4.54. The first-order valence-electron chi connectivity index (χ1n) is 10.6. The van der Waals surface area contributed by atoms with E-state index >= 15 is 0 Å². The van der Waals surface area contributed by atoms with Crippen molar-refractivity contribution in [1.82, 2.24) is 10.3 Å². The summed E-state index contributed by atoms with van der Waals surface area (Å²) in [5.41, 5.74) is 5.20. The molecule has 2 aliphatic carbocycles. The summed E-state index contributed by atoms with van der Waals surface area (Å²) in [6.45, 7) is 0.450. The van der Waals surface area contributed by atoms with Crippen LogP contribution in [0.15, 0.2) is 18.2 Å². The van der Waals surface area contributed by atoms with Crippen LogP contribution in [0.2, 0.25) is 0 Å². The number of nitrogens with zero attached hydrogens (tertiary/aromatic N) is 1. The molecule has 11 heteroatoms. The summed E-state index contributed by atoms with van der Waals surface area (Å²) in [5.74, 6) is -0.892. The third-order valence-electron chi connectivity index (χ3n) is 6.47. The zero-order valence-electron chi connectivity index (χ0n) is 17.4. The lowest BCUT2D eigenvalue weighted by molar-refractivity contribution is -0.274. The van der Waals surface area contributed by atoms with Crippen LogP contribution in [-0.4, -0.2) is 35.2 Å². The number of aromatic nitrogens is 1. The lowest BCUT2D eigenvalue weighted by atomic mass is 9.75. The molecular weight excluding hydrogens is 445 g/mol. The number of hydrogen-bond acceptors (Lipinski definition) is 6. The Morgan fingerprint density at radius 2 is 1.88 bits per heavy atom. The van der Waals surface area contributed by atoms with E-state index in [0.717, 1.165) is 43.4 Å². The van der Waals surface area contributed by atoms with Gasteiger partial charge in [0.15, 0.2) is 5.13 Å². The molecule has 0 unspecified atom stereocenters. The first-order chi connectivity index (χ1) is 15.1. The smallest absolute Gasteiger partial charge is 0.406 e. The zero-order chi connectivity index (χ0) is 23.0. The Balaban J connectivity index is 1.43. The predicted octanol–water partition coefficient (Wildman–Crippen LogP) is 4.08. The average molecular weight is 471 g/mol. The Labute approximate surface area is 186 Å². The number of ether oxygens (including phenoxy) is 1. The molecule has 2 aromatic rings. The van der Waals surface area contributed by atoms with Gasteiger partial charge in [0.05, 0.1) is 10.2 Å². The van der Waals surface area contributed by atoms with Gasteiger partial charge in [-0.05, 0) is 56.2 Å². The highest BCUT2D eigenvalue weighted by Gasteiger charge is 2.47. The van der Waals surface area contributed by atoms with E-state index in [2.05, 4.69) is 20.4 Å². The van der Waals surface area contributed by atoms with Crippen LogP contribution in [0.3, 0.4) is 0 Å². The number of fused-ring (bicyclic) bond motifs is 1. The van der Waals surface area contributed by atoms with Crippen molar-refractivity contribution in [1.29, 1.82) is 0 Å². The fraction of sp³-hybridized carbons (Fsp3) is 0.571. The third kappa shape index (κ3) is 4.83. The molecule has 0 radical (unpaired) electrons. The number of nitrogens with two attached hydrogens (primary N) is 1. The van der Waals surface area contributed by atoms with E-state index in [4.69, 9.17) is 5.73 Å². The SMILES string of the molecule is NCC1(CC(=O)NC2(C(=O)Nc3nc4ccc(OC(F)(F)F)cc4s3)CCC2)CCCC1. The van der Waals surface area contributed by atoms with Gasteiger partial charge in [-0.25, -0.2) is 4.98 Å². The Hall–Kier alpha value is -2.40. The number of amides is 2. The maximum Gasteiger partial charge on any atom is 0.573 e. The van der Waals surface area contributed by atoms with Crippen LogP contribution in [-0.2, 0) is 9.59 Å². The van der Waals surface area contributed by atoms with Crippen LogP contribution in [0.5, 0.6) is 5.75 Å². The first kappa shape index (κ1) is 22.8. The van der Waals surface area contributed by atoms with Gasteiger partial charge in [-0.3, -0.25) is 14.9 Å². The summed E-state index contributed by atoms with van der Waals surface area (Å²) in [6, 6.07) is 3.80. The van der Waals surface area contributed by atoms with E-state index in [1.165, 1.54) is 18.2 Å². The highest BCUT2D eigenvalue weighted by molar-refractivity contribution is 7.22. The summed E-state index contributed by atoms with van der Waals surface area (Å²) in [5, 5.41) is 5.91. The number of anilines is 1. The van der Waals surface area contributed by atoms with Crippen LogP contribution in [0.4, 0.5) is 18.3 Å². The minimum atomic E-state index is -4.79. The average Bonchev–Trinajstić information content (AvgIpc) is 3.29. The summed E-state index contributed by atoms with van der Waals surface area (Å²) in [4.78, 5) is 30.0. The minimum absolute atomic E-state index is 0.176. The molecule has 1 aromatic heterocycles. The molecule has 1 aromatic carbocycles. The molecule has 0 atom stereocenters. The predicted molar refractivity (Wildman–Crippen MR) is 114 cm³/mol.